The van der Waals surface area contributed by atoms with E-state index < -0.39 is 44.0 Å². The maximum atomic E-state index is 14.4. The second-order valence-corrected chi connectivity index (χ2v) is 21.5. The van der Waals surface area contributed by atoms with Gasteiger partial charge in [-0.3, -0.25) is 4.79 Å². The van der Waals surface area contributed by atoms with Gasteiger partial charge in [-0.2, -0.15) is 0 Å². The summed E-state index contributed by atoms with van der Waals surface area (Å²) in [5.41, 5.74) is -0.745. The first kappa shape index (κ1) is 41.2. The van der Waals surface area contributed by atoms with Gasteiger partial charge >= 0.3 is 17.9 Å². The Morgan fingerprint density at radius 1 is 0.456 bits per heavy atom. The van der Waals surface area contributed by atoms with E-state index in [4.69, 9.17) is 14.2 Å². The standard InChI is InChI=1S/C49H50O6P2/c1-4-49(2,3)48(52)54-36-39(55-47(51)38-57(43-29-17-8-18-30-43,44-31-19-9-20-32-44)45-33-21-10-22-34-45)35-53-46(50)37-56(40-23-11-5-12-24-40,41-25-13-6-14-26-41)42-27-15-7-16-28-42/h5-34,39H,4,35-38H2,1-3H3/q+2. The first-order valence-corrected chi connectivity index (χ1v) is 23.3. The van der Waals surface area contributed by atoms with Crippen LogP contribution in [-0.2, 0) is 28.6 Å². The lowest BCUT2D eigenvalue weighted by Crippen LogP contribution is -2.40. The van der Waals surface area contributed by atoms with Gasteiger partial charge in [-0.1, -0.05) is 116 Å². The van der Waals surface area contributed by atoms with Gasteiger partial charge in [-0.25, -0.2) is 9.59 Å². The quantitative estimate of drug-likeness (QED) is 0.0544. The number of carbonyl (C=O) groups is 3. The number of ether oxygens (including phenoxy) is 3. The third-order valence-corrected chi connectivity index (χ3v) is 19.0. The first-order valence-electron chi connectivity index (χ1n) is 19.3. The predicted octanol–water partition coefficient (Wildman–Crippen LogP) is 7.41. The molecule has 0 heterocycles. The van der Waals surface area contributed by atoms with Crippen LogP contribution in [0.2, 0.25) is 0 Å². The minimum absolute atomic E-state index is 0.0501. The van der Waals surface area contributed by atoms with Crippen molar-refractivity contribution < 1.29 is 28.6 Å². The minimum atomic E-state index is -2.59. The first-order chi connectivity index (χ1) is 27.7. The van der Waals surface area contributed by atoms with Gasteiger partial charge in [0.05, 0.1) is 5.41 Å². The molecule has 0 aliphatic rings. The van der Waals surface area contributed by atoms with Crippen molar-refractivity contribution in [1.82, 2.24) is 0 Å². The van der Waals surface area contributed by atoms with Gasteiger partial charge in [0.15, 0.2) is 18.4 Å². The molecule has 0 amide bonds. The zero-order valence-electron chi connectivity index (χ0n) is 32.8. The predicted molar refractivity (Wildman–Crippen MR) is 236 cm³/mol. The number of benzene rings is 6. The maximum Gasteiger partial charge on any atom is 0.345 e. The summed E-state index contributed by atoms with van der Waals surface area (Å²) in [6.07, 6.45) is -0.346. The van der Waals surface area contributed by atoms with Crippen molar-refractivity contribution in [3.63, 3.8) is 0 Å². The Bertz CT molecular complexity index is 1990. The normalized spacial score (nSPS) is 12.3. The molecular weight excluding hydrogens is 746 g/mol. The Kier molecular flexibility index (Phi) is 13.9. The Balaban J connectivity index is 1.31. The van der Waals surface area contributed by atoms with Crippen molar-refractivity contribution in [3.05, 3.63) is 182 Å². The Morgan fingerprint density at radius 3 is 1.04 bits per heavy atom. The number of esters is 3. The number of carbonyl (C=O) groups excluding carboxylic acids is 3. The van der Waals surface area contributed by atoms with Crippen LogP contribution in [0.25, 0.3) is 0 Å². The molecule has 0 bridgehead atoms. The average molecular weight is 797 g/mol. The Hall–Kier alpha value is -5.41. The van der Waals surface area contributed by atoms with E-state index in [1.807, 2.05) is 130 Å². The molecule has 0 saturated heterocycles. The van der Waals surface area contributed by atoms with Crippen molar-refractivity contribution in [3.8, 4) is 0 Å². The molecule has 0 radical (unpaired) electrons. The summed E-state index contributed by atoms with van der Waals surface area (Å²) >= 11 is 0. The van der Waals surface area contributed by atoms with E-state index in [0.29, 0.717) is 6.42 Å². The fraction of sp³-hybridized carbons (Fsp3) is 0.204. The van der Waals surface area contributed by atoms with Gasteiger partial charge in [0.25, 0.3) is 0 Å². The second-order valence-electron chi connectivity index (χ2n) is 14.6. The Labute approximate surface area is 337 Å². The molecule has 6 rings (SSSR count). The second kappa shape index (κ2) is 19.2. The Morgan fingerprint density at radius 2 is 0.737 bits per heavy atom. The van der Waals surface area contributed by atoms with E-state index in [9.17, 15) is 14.4 Å². The fourth-order valence-corrected chi connectivity index (χ4v) is 14.9. The third-order valence-electron chi connectivity index (χ3n) is 10.5. The van der Waals surface area contributed by atoms with E-state index in [1.54, 1.807) is 0 Å². The van der Waals surface area contributed by atoms with Gasteiger partial charge in [0.1, 0.15) is 59.6 Å². The minimum Gasteiger partial charge on any atom is -0.461 e. The molecule has 57 heavy (non-hydrogen) atoms. The molecule has 0 N–H and O–H groups in total. The summed E-state index contributed by atoms with van der Waals surface area (Å²) in [6.45, 7) is 5.01. The third kappa shape index (κ3) is 9.59. The summed E-state index contributed by atoms with van der Waals surface area (Å²) in [5.74, 6) is -1.34. The highest BCUT2D eigenvalue weighted by atomic mass is 31.2. The lowest BCUT2D eigenvalue weighted by molar-refractivity contribution is -0.168. The summed E-state index contributed by atoms with van der Waals surface area (Å²) in [6, 6.07) is 60.5. The van der Waals surface area contributed by atoms with Crippen molar-refractivity contribution in [2.45, 2.75) is 33.3 Å². The molecule has 6 nitrogen and oxygen atoms in total. The molecule has 6 aromatic rings. The molecule has 0 fully saturated rings. The van der Waals surface area contributed by atoms with E-state index in [1.165, 1.54) is 0 Å². The highest BCUT2D eigenvalue weighted by Gasteiger charge is 2.49. The molecule has 0 spiro atoms. The molecule has 1 atom stereocenters. The maximum absolute atomic E-state index is 14.4. The van der Waals surface area contributed by atoms with E-state index >= 15 is 0 Å². The van der Waals surface area contributed by atoms with Crippen LogP contribution in [0.5, 0.6) is 0 Å². The molecule has 0 aliphatic heterocycles. The van der Waals surface area contributed by atoms with Crippen LogP contribution in [0.3, 0.4) is 0 Å². The lowest BCUT2D eigenvalue weighted by atomic mass is 9.91. The summed E-state index contributed by atoms with van der Waals surface area (Å²) in [7, 11) is -5.14. The summed E-state index contributed by atoms with van der Waals surface area (Å²) in [4.78, 5) is 41.9. The van der Waals surface area contributed by atoms with Crippen LogP contribution in [-0.4, -0.2) is 49.5 Å². The number of hydrogen-bond acceptors (Lipinski definition) is 6. The zero-order chi connectivity index (χ0) is 40.1. The molecule has 0 saturated carbocycles. The van der Waals surface area contributed by atoms with Crippen molar-refractivity contribution in [2.75, 3.05) is 25.5 Å². The monoisotopic (exact) mass is 796 g/mol. The van der Waals surface area contributed by atoms with Crippen LogP contribution in [0.15, 0.2) is 182 Å². The van der Waals surface area contributed by atoms with E-state index in [0.717, 1.165) is 31.8 Å². The van der Waals surface area contributed by atoms with Gasteiger partial charge in [0, 0.05) is 0 Å². The van der Waals surface area contributed by atoms with Crippen LogP contribution in [0.4, 0.5) is 0 Å². The largest absolute Gasteiger partial charge is 0.461 e. The van der Waals surface area contributed by atoms with Crippen molar-refractivity contribution in [1.29, 1.82) is 0 Å². The van der Waals surface area contributed by atoms with E-state index in [2.05, 4.69) is 72.8 Å². The zero-order valence-corrected chi connectivity index (χ0v) is 34.6. The lowest BCUT2D eigenvalue weighted by Gasteiger charge is -2.28. The van der Waals surface area contributed by atoms with Gasteiger partial charge in [-0.05, 0) is 93.1 Å². The van der Waals surface area contributed by atoms with Gasteiger partial charge < -0.3 is 14.2 Å². The smallest absolute Gasteiger partial charge is 0.345 e. The number of rotatable bonds is 17. The molecular formula is C49H50O6P2+2. The summed E-state index contributed by atoms with van der Waals surface area (Å²) in [5, 5.41) is 6.22. The van der Waals surface area contributed by atoms with Crippen LogP contribution in [0, 0.1) is 5.41 Å². The average Bonchev–Trinajstić information content (AvgIpc) is 3.27. The van der Waals surface area contributed by atoms with E-state index in [-0.39, 0.29) is 25.5 Å². The van der Waals surface area contributed by atoms with Crippen LogP contribution < -0.4 is 31.8 Å². The molecule has 1 unspecified atom stereocenters. The summed E-state index contributed by atoms with van der Waals surface area (Å²) < 4.78 is 18.1. The molecule has 8 heteroatoms. The van der Waals surface area contributed by atoms with Crippen molar-refractivity contribution in [2.24, 2.45) is 5.41 Å². The van der Waals surface area contributed by atoms with Gasteiger partial charge in [-0.15, -0.1) is 0 Å². The highest BCUT2D eigenvalue weighted by molar-refractivity contribution is 7.96. The SMILES string of the molecule is CCC(C)(C)C(=O)OCC(COC(=O)C[P+](c1ccccc1)(c1ccccc1)c1ccccc1)OC(=O)C[P+](c1ccccc1)(c1ccccc1)c1ccccc1. The molecule has 290 valence electrons. The molecule has 0 aliphatic carbocycles. The van der Waals surface area contributed by atoms with Crippen LogP contribution in [0.1, 0.15) is 27.2 Å². The topological polar surface area (TPSA) is 78.9 Å². The fourth-order valence-electron chi connectivity index (χ4n) is 7.00. The molecule has 6 aromatic carbocycles. The van der Waals surface area contributed by atoms with Crippen LogP contribution >= 0.6 is 14.5 Å². The molecule has 0 aromatic heterocycles. The van der Waals surface area contributed by atoms with Gasteiger partial charge in [0.2, 0.25) is 0 Å². The highest BCUT2D eigenvalue weighted by Crippen LogP contribution is 2.56. The van der Waals surface area contributed by atoms with Crippen molar-refractivity contribution >= 4 is 64.3 Å². The number of hydrogen-bond donors (Lipinski definition) is 0.